The Morgan fingerprint density at radius 2 is 1.65 bits per heavy atom. The number of hydrogen-bond donors (Lipinski definition) is 1. The maximum Gasteiger partial charge on any atom is 0.416 e. The summed E-state index contributed by atoms with van der Waals surface area (Å²) in [6, 6.07) is 0.727. The molecule has 2 rings (SSSR count). The second kappa shape index (κ2) is 6.31. The maximum absolute atomic E-state index is 12.7. The van der Waals surface area contributed by atoms with Crippen LogP contribution in [0.1, 0.15) is 27.9 Å². The minimum Gasteiger partial charge on any atom is -0.316 e. The number of nitrogens with zero attached hydrogens (tertiary/aromatic N) is 1. The van der Waals surface area contributed by atoms with Crippen LogP contribution in [0.25, 0.3) is 0 Å². The van der Waals surface area contributed by atoms with Crippen LogP contribution >= 0.6 is 0 Å². The summed E-state index contributed by atoms with van der Waals surface area (Å²) in [4.78, 5) is 15.3. The molecule has 126 valence electrons. The fourth-order valence-electron chi connectivity index (χ4n) is 2.13. The van der Waals surface area contributed by atoms with Crippen molar-refractivity contribution < 1.29 is 31.1 Å². The van der Waals surface area contributed by atoms with Gasteiger partial charge >= 0.3 is 12.4 Å². The highest BCUT2D eigenvalue weighted by Gasteiger charge is 2.37. The van der Waals surface area contributed by atoms with E-state index in [1.807, 2.05) is 0 Å². The number of carbonyl (C=O) groups excluding carboxylic acids is 1. The lowest BCUT2D eigenvalue weighted by atomic mass is 10.0. The Labute approximate surface area is 127 Å². The van der Waals surface area contributed by atoms with E-state index in [-0.39, 0.29) is 12.0 Å². The lowest BCUT2D eigenvalue weighted by molar-refractivity contribution is -0.143. The molecule has 1 fully saturated rings. The molecule has 1 unspecified atom stereocenters. The van der Waals surface area contributed by atoms with Crippen molar-refractivity contribution >= 4 is 12.1 Å². The number of halogens is 6. The molecule has 1 aliphatic heterocycles. The number of amides is 1. The van der Waals surface area contributed by atoms with E-state index in [0.29, 0.717) is 31.6 Å². The first-order valence-electron chi connectivity index (χ1n) is 6.66. The van der Waals surface area contributed by atoms with Crippen molar-refractivity contribution in [1.82, 2.24) is 5.32 Å². The summed E-state index contributed by atoms with van der Waals surface area (Å²) in [5, 5.41) is 2.99. The van der Waals surface area contributed by atoms with Crippen LogP contribution in [-0.2, 0) is 12.4 Å². The first kappa shape index (κ1) is 17.5. The fourth-order valence-corrected chi connectivity index (χ4v) is 2.13. The highest BCUT2D eigenvalue weighted by Crippen LogP contribution is 2.36. The monoisotopic (exact) mass is 338 g/mol. The topological polar surface area (TPSA) is 41.5 Å². The predicted octanol–water partition coefficient (Wildman–Crippen LogP) is 3.54. The minimum absolute atomic E-state index is 0.0264. The Kier molecular flexibility index (Phi) is 4.79. The van der Waals surface area contributed by atoms with E-state index < -0.39 is 35.0 Å². The number of carbonyl (C=O) groups is 1. The van der Waals surface area contributed by atoms with Gasteiger partial charge in [0.05, 0.1) is 11.1 Å². The lowest BCUT2D eigenvalue weighted by Gasteiger charge is -2.13. The van der Waals surface area contributed by atoms with Crippen molar-refractivity contribution in [2.45, 2.75) is 18.8 Å². The SMILES string of the molecule is O=C(N=CC1CCNC1)c1cc(C(F)(F)F)cc(C(F)(F)F)c1. The molecule has 1 amide bonds. The third-order valence-electron chi connectivity index (χ3n) is 3.34. The van der Waals surface area contributed by atoms with Gasteiger partial charge in [0, 0.05) is 24.2 Å². The molecule has 0 saturated carbocycles. The van der Waals surface area contributed by atoms with Gasteiger partial charge in [-0.3, -0.25) is 4.79 Å². The first-order chi connectivity index (χ1) is 10.6. The molecular weight excluding hydrogens is 326 g/mol. The molecule has 1 heterocycles. The number of alkyl halides is 6. The average Bonchev–Trinajstić information content (AvgIpc) is 2.95. The van der Waals surface area contributed by atoms with Crippen molar-refractivity contribution in [2.75, 3.05) is 13.1 Å². The molecule has 1 aliphatic rings. The van der Waals surface area contributed by atoms with Crippen LogP contribution in [0.3, 0.4) is 0 Å². The largest absolute Gasteiger partial charge is 0.416 e. The van der Waals surface area contributed by atoms with Crippen molar-refractivity contribution in [3.8, 4) is 0 Å². The van der Waals surface area contributed by atoms with Crippen LogP contribution in [0.15, 0.2) is 23.2 Å². The van der Waals surface area contributed by atoms with Gasteiger partial charge in [0.1, 0.15) is 0 Å². The second-order valence-corrected chi connectivity index (χ2v) is 5.13. The highest BCUT2D eigenvalue weighted by atomic mass is 19.4. The van der Waals surface area contributed by atoms with Crippen LogP contribution in [0.5, 0.6) is 0 Å². The molecule has 1 saturated heterocycles. The molecule has 0 aliphatic carbocycles. The summed E-state index contributed by atoms with van der Waals surface area (Å²) < 4.78 is 76.2. The molecule has 0 bridgehead atoms. The summed E-state index contributed by atoms with van der Waals surface area (Å²) in [6.07, 6.45) is -8.02. The predicted molar refractivity (Wildman–Crippen MR) is 70.2 cm³/mol. The van der Waals surface area contributed by atoms with E-state index >= 15 is 0 Å². The van der Waals surface area contributed by atoms with Gasteiger partial charge in [0.2, 0.25) is 0 Å². The quantitative estimate of drug-likeness (QED) is 0.662. The zero-order chi connectivity index (χ0) is 17.3. The zero-order valence-electron chi connectivity index (χ0n) is 11.6. The third-order valence-corrected chi connectivity index (χ3v) is 3.34. The van der Waals surface area contributed by atoms with Gasteiger partial charge in [0.15, 0.2) is 0 Å². The van der Waals surface area contributed by atoms with E-state index in [0.717, 1.165) is 0 Å². The Hall–Kier alpha value is -1.90. The molecule has 1 aromatic carbocycles. The number of aliphatic imine (C=N–C) groups is 1. The molecule has 23 heavy (non-hydrogen) atoms. The van der Waals surface area contributed by atoms with Crippen LogP contribution in [0, 0.1) is 5.92 Å². The lowest BCUT2D eigenvalue weighted by Crippen LogP contribution is -2.13. The van der Waals surface area contributed by atoms with E-state index in [2.05, 4.69) is 10.3 Å². The Morgan fingerprint density at radius 1 is 1.09 bits per heavy atom. The van der Waals surface area contributed by atoms with E-state index in [4.69, 9.17) is 0 Å². The van der Waals surface area contributed by atoms with Crippen LogP contribution in [0.2, 0.25) is 0 Å². The number of nitrogens with one attached hydrogen (secondary N) is 1. The Bertz CT molecular complexity index is 582. The molecule has 0 radical (unpaired) electrons. The smallest absolute Gasteiger partial charge is 0.316 e. The van der Waals surface area contributed by atoms with E-state index in [1.165, 1.54) is 6.21 Å². The molecule has 3 nitrogen and oxygen atoms in total. The molecule has 0 spiro atoms. The molecule has 1 N–H and O–H groups in total. The van der Waals surface area contributed by atoms with Gasteiger partial charge < -0.3 is 5.32 Å². The summed E-state index contributed by atoms with van der Waals surface area (Å²) in [6.45, 7) is 1.28. The van der Waals surface area contributed by atoms with Crippen molar-refractivity contribution in [3.05, 3.63) is 34.9 Å². The highest BCUT2D eigenvalue weighted by molar-refractivity contribution is 5.99. The molecule has 1 atom stereocenters. The third kappa shape index (κ3) is 4.54. The summed E-state index contributed by atoms with van der Waals surface area (Å²) in [5.41, 5.74) is -3.81. The van der Waals surface area contributed by atoms with Gasteiger partial charge in [-0.15, -0.1) is 0 Å². The van der Waals surface area contributed by atoms with Gasteiger partial charge in [-0.1, -0.05) is 0 Å². The minimum atomic E-state index is -4.99. The van der Waals surface area contributed by atoms with Gasteiger partial charge in [-0.2, -0.15) is 26.3 Å². The molecule has 1 aromatic rings. The average molecular weight is 338 g/mol. The van der Waals surface area contributed by atoms with E-state index in [9.17, 15) is 31.1 Å². The standard InChI is InChI=1S/C14H12F6N2O/c15-13(16,17)10-3-9(4-11(5-10)14(18,19)20)12(23)22-7-8-1-2-21-6-8/h3-5,7-8,21H,1-2,6H2. The van der Waals surface area contributed by atoms with Crippen molar-refractivity contribution in [1.29, 1.82) is 0 Å². The van der Waals surface area contributed by atoms with Crippen molar-refractivity contribution in [3.63, 3.8) is 0 Å². The number of hydrogen-bond acceptors (Lipinski definition) is 2. The van der Waals surface area contributed by atoms with Crippen LogP contribution in [0.4, 0.5) is 26.3 Å². The molecular formula is C14H12F6N2O. The fraction of sp³-hybridized carbons (Fsp3) is 0.429. The van der Waals surface area contributed by atoms with Crippen molar-refractivity contribution in [2.24, 2.45) is 10.9 Å². The molecule has 9 heteroatoms. The second-order valence-electron chi connectivity index (χ2n) is 5.13. The first-order valence-corrected chi connectivity index (χ1v) is 6.66. The normalized spacial score (nSPS) is 19.5. The Morgan fingerprint density at radius 3 is 2.09 bits per heavy atom. The maximum atomic E-state index is 12.7. The summed E-state index contributed by atoms with van der Waals surface area (Å²) in [7, 11) is 0. The zero-order valence-corrected chi connectivity index (χ0v) is 11.6. The Balaban J connectivity index is 2.34. The molecule has 0 aromatic heterocycles. The van der Waals surface area contributed by atoms with Gasteiger partial charge in [-0.25, -0.2) is 4.99 Å². The number of rotatable bonds is 2. The van der Waals surface area contributed by atoms with Crippen LogP contribution < -0.4 is 5.32 Å². The van der Waals surface area contributed by atoms with E-state index in [1.54, 1.807) is 0 Å². The van der Waals surface area contributed by atoms with Gasteiger partial charge in [-0.05, 0) is 31.2 Å². The van der Waals surface area contributed by atoms with Crippen LogP contribution in [-0.4, -0.2) is 25.2 Å². The van der Waals surface area contributed by atoms with Gasteiger partial charge in [0.25, 0.3) is 5.91 Å². The number of benzene rings is 1. The summed E-state index contributed by atoms with van der Waals surface area (Å²) >= 11 is 0. The summed E-state index contributed by atoms with van der Waals surface area (Å²) in [5.74, 6) is -1.19.